The monoisotopic (exact) mass is 403 g/mol. The summed E-state index contributed by atoms with van der Waals surface area (Å²) in [5.74, 6) is -4.12. The van der Waals surface area contributed by atoms with Gasteiger partial charge in [-0.15, -0.1) is 0 Å². The highest BCUT2D eigenvalue weighted by Crippen LogP contribution is 2.36. The van der Waals surface area contributed by atoms with E-state index in [9.17, 15) is 28.3 Å². The van der Waals surface area contributed by atoms with Gasteiger partial charge in [-0.2, -0.15) is 0 Å². The Morgan fingerprint density at radius 1 is 1.31 bits per heavy atom. The number of nitrogens with one attached hydrogen (secondary N) is 1. The van der Waals surface area contributed by atoms with E-state index >= 15 is 0 Å². The number of hydrogen-bond acceptors (Lipinski definition) is 4. The van der Waals surface area contributed by atoms with Crippen LogP contribution < -0.4 is 10.7 Å². The molecule has 2 aliphatic rings. The van der Waals surface area contributed by atoms with Gasteiger partial charge in [0, 0.05) is 30.9 Å². The van der Waals surface area contributed by atoms with Crippen LogP contribution in [0.3, 0.4) is 0 Å². The number of halogens is 2. The maximum Gasteiger partial charge on any atom is 0.274 e. The number of aromatic nitrogens is 1. The summed E-state index contributed by atoms with van der Waals surface area (Å²) < 4.78 is 28.7. The third-order valence-electron chi connectivity index (χ3n) is 5.57. The summed E-state index contributed by atoms with van der Waals surface area (Å²) in [6, 6.07) is 3.47. The van der Waals surface area contributed by atoms with Crippen molar-refractivity contribution in [2.45, 2.75) is 32.4 Å². The number of amides is 2. The van der Waals surface area contributed by atoms with Gasteiger partial charge in [-0.3, -0.25) is 14.4 Å². The van der Waals surface area contributed by atoms with Crippen LogP contribution in [0.4, 0.5) is 8.78 Å². The fourth-order valence-electron chi connectivity index (χ4n) is 4.13. The molecular weight excluding hydrogens is 384 g/mol. The molecule has 3 heterocycles. The van der Waals surface area contributed by atoms with Crippen LogP contribution in [0.1, 0.15) is 51.5 Å². The van der Waals surface area contributed by atoms with Crippen LogP contribution in [0.25, 0.3) is 0 Å². The van der Waals surface area contributed by atoms with E-state index in [1.165, 1.54) is 12.1 Å². The van der Waals surface area contributed by atoms with Gasteiger partial charge in [0.25, 0.3) is 11.8 Å². The summed E-state index contributed by atoms with van der Waals surface area (Å²) in [5.41, 5.74) is -0.968. The van der Waals surface area contributed by atoms with Gasteiger partial charge in [-0.05, 0) is 25.8 Å². The van der Waals surface area contributed by atoms with E-state index in [0.717, 1.165) is 6.07 Å². The molecule has 0 radical (unpaired) electrons. The highest BCUT2D eigenvalue weighted by atomic mass is 19.2. The summed E-state index contributed by atoms with van der Waals surface area (Å²) in [6.07, 6.45) is 1.02. The van der Waals surface area contributed by atoms with Crippen molar-refractivity contribution in [3.8, 4) is 5.75 Å². The Bertz CT molecular complexity index is 1100. The first-order valence-corrected chi connectivity index (χ1v) is 9.35. The lowest BCUT2D eigenvalue weighted by Gasteiger charge is -2.34. The molecule has 4 rings (SSSR count). The van der Waals surface area contributed by atoms with Crippen LogP contribution in [-0.2, 0) is 13.0 Å². The maximum absolute atomic E-state index is 13.8. The van der Waals surface area contributed by atoms with Gasteiger partial charge in [0.1, 0.15) is 5.56 Å². The van der Waals surface area contributed by atoms with E-state index < -0.39 is 34.6 Å². The lowest BCUT2D eigenvalue weighted by Crippen LogP contribution is -2.44. The molecule has 2 aromatic rings. The summed E-state index contributed by atoms with van der Waals surface area (Å²) in [7, 11) is 0. The molecule has 0 spiro atoms. The number of benzene rings is 1. The van der Waals surface area contributed by atoms with Gasteiger partial charge in [0.15, 0.2) is 23.1 Å². The summed E-state index contributed by atoms with van der Waals surface area (Å²) in [5, 5.41) is 12.8. The molecule has 1 aromatic heterocycles. The molecule has 0 bridgehead atoms. The number of carbonyl (C=O) groups is 2. The third-order valence-corrected chi connectivity index (χ3v) is 5.57. The van der Waals surface area contributed by atoms with Gasteiger partial charge < -0.3 is 19.9 Å². The zero-order valence-electron chi connectivity index (χ0n) is 15.7. The van der Waals surface area contributed by atoms with Crippen molar-refractivity contribution in [1.29, 1.82) is 0 Å². The Morgan fingerprint density at radius 3 is 2.79 bits per heavy atom. The minimum absolute atomic E-state index is 0.0660. The summed E-state index contributed by atoms with van der Waals surface area (Å²) in [4.78, 5) is 39.6. The first kappa shape index (κ1) is 19.1. The molecule has 2 aliphatic heterocycles. The number of aromatic hydroxyl groups is 1. The largest absolute Gasteiger partial charge is 0.503 e. The number of carbonyl (C=O) groups excluding carboxylic acids is 2. The van der Waals surface area contributed by atoms with E-state index in [2.05, 4.69) is 5.32 Å². The molecule has 2 amide bonds. The lowest BCUT2D eigenvalue weighted by molar-refractivity contribution is 0.0676. The number of nitrogens with zero attached hydrogens (tertiary/aromatic N) is 2. The highest BCUT2D eigenvalue weighted by Gasteiger charge is 2.40. The molecule has 29 heavy (non-hydrogen) atoms. The highest BCUT2D eigenvalue weighted by molar-refractivity contribution is 6.00. The second-order valence-electron chi connectivity index (χ2n) is 7.15. The molecule has 7 nitrogen and oxygen atoms in total. The van der Waals surface area contributed by atoms with E-state index in [1.54, 1.807) is 9.47 Å². The van der Waals surface area contributed by atoms with Crippen molar-refractivity contribution in [2.75, 3.05) is 13.1 Å². The van der Waals surface area contributed by atoms with E-state index in [0.29, 0.717) is 31.6 Å². The molecule has 0 unspecified atom stereocenters. The molecule has 0 saturated heterocycles. The first-order valence-electron chi connectivity index (χ1n) is 9.35. The van der Waals surface area contributed by atoms with E-state index in [-0.39, 0.29) is 29.4 Å². The number of likely N-dealkylation sites (N-methyl/N-ethyl adjacent to an activating group) is 1. The van der Waals surface area contributed by atoms with E-state index in [4.69, 9.17) is 0 Å². The molecule has 1 aromatic carbocycles. The number of hydrogen-bond donors (Lipinski definition) is 2. The van der Waals surface area contributed by atoms with Crippen molar-refractivity contribution in [3.63, 3.8) is 0 Å². The van der Waals surface area contributed by atoms with Crippen molar-refractivity contribution >= 4 is 11.8 Å². The number of rotatable bonds is 4. The van der Waals surface area contributed by atoms with Gasteiger partial charge in [-0.1, -0.05) is 12.1 Å². The Kier molecular flexibility index (Phi) is 4.60. The van der Waals surface area contributed by atoms with Crippen molar-refractivity contribution in [3.05, 3.63) is 62.6 Å². The molecule has 2 N–H and O–H groups in total. The molecule has 1 atom stereocenters. The zero-order chi connectivity index (χ0) is 20.9. The van der Waals surface area contributed by atoms with Gasteiger partial charge in [0.2, 0.25) is 5.43 Å². The standard InChI is InChI=1S/C20H19F2N3O4/c1-2-24-9-11-6-7-13-14(17(26)18(27)16(20(24)29)25(11)13)19(28)23-8-10-4-3-5-12(21)15(10)22/h3-5,11,27H,2,6-9H2,1H3,(H,23,28)/t11-/m1/s1. The quantitative estimate of drug-likeness (QED) is 0.813. The first-order chi connectivity index (χ1) is 13.8. The fourth-order valence-corrected chi connectivity index (χ4v) is 4.13. The van der Waals surface area contributed by atoms with Gasteiger partial charge >= 0.3 is 0 Å². The van der Waals surface area contributed by atoms with Crippen LogP contribution in [0, 0.1) is 11.6 Å². The van der Waals surface area contributed by atoms with Crippen molar-refractivity contribution < 1.29 is 23.5 Å². The van der Waals surface area contributed by atoms with Crippen LogP contribution >= 0.6 is 0 Å². The second-order valence-corrected chi connectivity index (χ2v) is 7.15. The normalized spacial score (nSPS) is 17.4. The molecule has 152 valence electrons. The van der Waals surface area contributed by atoms with Crippen LogP contribution in [0.5, 0.6) is 5.75 Å². The van der Waals surface area contributed by atoms with Gasteiger partial charge in [0.05, 0.1) is 6.04 Å². The minimum Gasteiger partial charge on any atom is -0.503 e. The molecule has 9 heteroatoms. The third kappa shape index (κ3) is 2.88. The zero-order valence-corrected chi connectivity index (χ0v) is 15.7. The van der Waals surface area contributed by atoms with Crippen molar-refractivity contribution in [1.82, 2.24) is 14.8 Å². The molecule has 0 fully saturated rings. The number of pyridine rings is 1. The summed E-state index contributed by atoms with van der Waals surface area (Å²) in [6.45, 7) is 2.37. The van der Waals surface area contributed by atoms with Crippen LogP contribution in [-0.4, -0.2) is 39.5 Å². The molecule has 0 saturated carbocycles. The topological polar surface area (TPSA) is 91.6 Å². The Morgan fingerprint density at radius 2 is 2.07 bits per heavy atom. The fraction of sp³-hybridized carbons (Fsp3) is 0.350. The molecule has 0 aliphatic carbocycles. The average molecular weight is 403 g/mol. The van der Waals surface area contributed by atoms with Crippen LogP contribution in [0.15, 0.2) is 23.0 Å². The predicted octanol–water partition coefficient (Wildman–Crippen LogP) is 1.73. The Hall–Kier alpha value is -3.23. The maximum atomic E-state index is 13.8. The Balaban J connectivity index is 1.72. The summed E-state index contributed by atoms with van der Waals surface area (Å²) >= 11 is 0. The lowest BCUT2D eigenvalue weighted by atomic mass is 10.1. The van der Waals surface area contributed by atoms with Crippen LogP contribution in [0.2, 0.25) is 0 Å². The average Bonchev–Trinajstić information content (AvgIpc) is 3.11. The Labute approximate surface area is 164 Å². The second kappa shape index (κ2) is 6.98. The smallest absolute Gasteiger partial charge is 0.274 e. The van der Waals surface area contributed by atoms with Crippen molar-refractivity contribution in [2.24, 2.45) is 0 Å². The molecular formula is C20H19F2N3O4. The minimum atomic E-state index is -1.08. The van der Waals surface area contributed by atoms with Gasteiger partial charge in [-0.25, -0.2) is 8.78 Å². The predicted molar refractivity (Wildman–Crippen MR) is 98.8 cm³/mol. The van der Waals surface area contributed by atoms with E-state index in [1.807, 2.05) is 6.92 Å². The SMILES string of the molecule is CCN1C[C@H]2CCc3c(C(=O)NCc4cccc(F)c4F)c(=O)c(O)c(n32)C1=O.